The van der Waals surface area contributed by atoms with Crippen molar-refractivity contribution < 1.29 is 17.4 Å². The molecule has 0 saturated heterocycles. The van der Waals surface area contributed by atoms with Crippen molar-refractivity contribution in [1.82, 2.24) is 0 Å². The monoisotopic (exact) mass is 289 g/mol. The normalized spacial score (nSPS) is 9.37. The lowest BCUT2D eigenvalue weighted by Crippen LogP contribution is -2.12. The quantitative estimate of drug-likeness (QED) is 0.866. The van der Waals surface area contributed by atoms with Gasteiger partial charge in [-0.15, -0.1) is 0 Å². The summed E-state index contributed by atoms with van der Waals surface area (Å²) in [6.07, 6.45) is 0.930. The Morgan fingerprint density at radius 2 is 1.58 bits per heavy atom. The lowest BCUT2D eigenvalue weighted by Gasteiger charge is -2.05. The fourth-order valence-electron chi connectivity index (χ4n) is 1.11. The first-order valence-electron chi connectivity index (χ1n) is 6.09. The van der Waals surface area contributed by atoms with Gasteiger partial charge in [0, 0.05) is 5.56 Å². The molecule has 19 heavy (non-hydrogen) atoms. The van der Waals surface area contributed by atoms with E-state index in [1.165, 1.54) is 12.1 Å². The molecule has 0 bridgehead atoms. The fourth-order valence-corrected chi connectivity index (χ4v) is 1.56. The highest BCUT2D eigenvalue weighted by atomic mass is 32.2. The molecule has 0 atom stereocenters. The van der Waals surface area contributed by atoms with Crippen molar-refractivity contribution in [2.24, 2.45) is 5.73 Å². The number of rotatable bonds is 3. The zero-order valence-electron chi connectivity index (χ0n) is 12.4. The molecule has 1 aromatic rings. The van der Waals surface area contributed by atoms with Gasteiger partial charge in [0.1, 0.15) is 5.75 Å². The molecule has 0 radical (unpaired) electrons. The van der Waals surface area contributed by atoms with Gasteiger partial charge in [-0.25, -0.2) is 0 Å². The summed E-state index contributed by atoms with van der Waals surface area (Å²) in [5.41, 5.74) is 5.99. The molecule has 0 spiro atoms. The minimum atomic E-state index is -3.59. The Morgan fingerprint density at radius 1 is 1.11 bits per heavy atom. The minimum absolute atomic E-state index is 0.0892. The van der Waals surface area contributed by atoms with Crippen LogP contribution < -0.4 is 9.92 Å². The second-order valence-electron chi connectivity index (χ2n) is 3.19. The maximum atomic E-state index is 10.9. The number of nitrogens with two attached hydrogens (primary N) is 1. The van der Waals surface area contributed by atoms with Gasteiger partial charge in [-0.3, -0.25) is 4.79 Å². The Hall–Kier alpha value is -1.56. The second-order valence-corrected chi connectivity index (χ2v) is 4.76. The number of carbonyl (C=O) groups is 1. The van der Waals surface area contributed by atoms with Gasteiger partial charge in [0.05, 0.1) is 6.26 Å². The molecule has 2 N–H and O–H groups in total. The van der Waals surface area contributed by atoms with Crippen molar-refractivity contribution in [2.45, 2.75) is 34.6 Å². The highest BCUT2D eigenvalue weighted by molar-refractivity contribution is 7.86. The van der Waals surface area contributed by atoms with E-state index in [0.717, 1.165) is 6.26 Å². The maximum absolute atomic E-state index is 10.9. The van der Waals surface area contributed by atoms with Crippen LogP contribution in [-0.4, -0.2) is 20.6 Å². The van der Waals surface area contributed by atoms with Crippen LogP contribution in [-0.2, 0) is 10.1 Å². The van der Waals surface area contributed by atoms with Crippen molar-refractivity contribution in [3.05, 3.63) is 29.3 Å². The summed E-state index contributed by atoms with van der Waals surface area (Å²) in [6.45, 7) is 9.71. The first-order chi connectivity index (χ1) is 8.78. The lowest BCUT2D eigenvalue weighted by atomic mass is 10.1. The smallest absolute Gasteiger partial charge is 0.306 e. The van der Waals surface area contributed by atoms with Crippen LogP contribution >= 0.6 is 0 Å². The Morgan fingerprint density at radius 3 is 1.95 bits per heavy atom. The zero-order valence-corrected chi connectivity index (χ0v) is 13.2. The van der Waals surface area contributed by atoms with Crippen molar-refractivity contribution in [3.8, 4) is 5.75 Å². The first-order valence-corrected chi connectivity index (χ1v) is 7.90. The number of carbonyl (C=O) groups excluding carboxylic acids is 1. The first kappa shape index (κ1) is 19.8. The predicted molar refractivity (Wildman–Crippen MR) is 77.9 cm³/mol. The van der Waals surface area contributed by atoms with Crippen LogP contribution in [0, 0.1) is 6.92 Å². The third-order valence-corrected chi connectivity index (χ3v) is 2.08. The summed E-state index contributed by atoms with van der Waals surface area (Å²) in [7, 11) is -3.59. The number of amides is 1. The Bertz CT molecular complexity index is 495. The summed E-state index contributed by atoms with van der Waals surface area (Å²) >= 11 is 0. The van der Waals surface area contributed by atoms with Gasteiger partial charge in [0.25, 0.3) is 0 Å². The summed E-state index contributed by atoms with van der Waals surface area (Å²) in [5, 5.41) is 0. The Kier molecular flexibility index (Phi) is 9.76. The van der Waals surface area contributed by atoms with Gasteiger partial charge in [0.2, 0.25) is 5.91 Å². The number of benzene rings is 1. The van der Waals surface area contributed by atoms with Gasteiger partial charge < -0.3 is 9.92 Å². The van der Waals surface area contributed by atoms with E-state index in [1.54, 1.807) is 13.0 Å². The van der Waals surface area contributed by atoms with Gasteiger partial charge >= 0.3 is 10.1 Å². The number of primary amides is 1. The average Bonchev–Trinajstić information content (AvgIpc) is 2.31. The predicted octanol–water partition coefficient (Wildman–Crippen LogP) is 2.48. The van der Waals surface area contributed by atoms with E-state index in [9.17, 15) is 13.2 Å². The molecule has 1 amide bonds. The highest BCUT2D eigenvalue weighted by Gasteiger charge is 2.08. The topological polar surface area (TPSA) is 86.5 Å². The van der Waals surface area contributed by atoms with E-state index >= 15 is 0 Å². The highest BCUT2D eigenvalue weighted by Crippen LogP contribution is 2.17. The molecule has 6 heteroatoms. The summed E-state index contributed by atoms with van der Waals surface area (Å²) in [5.74, 6) is -0.539. The number of hydrogen-bond donors (Lipinski definition) is 1. The van der Waals surface area contributed by atoms with Crippen molar-refractivity contribution in [1.29, 1.82) is 0 Å². The molecular formula is C13H23NO4S. The van der Waals surface area contributed by atoms with Crippen LogP contribution in [0.5, 0.6) is 5.75 Å². The van der Waals surface area contributed by atoms with Crippen LogP contribution in [0.3, 0.4) is 0 Å². The van der Waals surface area contributed by atoms with Crippen LogP contribution in [0.15, 0.2) is 18.2 Å². The maximum Gasteiger partial charge on any atom is 0.306 e. The number of hydrogen-bond acceptors (Lipinski definition) is 4. The van der Waals surface area contributed by atoms with Crippen molar-refractivity contribution in [3.63, 3.8) is 0 Å². The molecule has 0 aliphatic carbocycles. The van der Waals surface area contributed by atoms with E-state index in [2.05, 4.69) is 4.18 Å². The van der Waals surface area contributed by atoms with Gasteiger partial charge in [0.15, 0.2) is 0 Å². The molecule has 110 valence electrons. The summed E-state index contributed by atoms with van der Waals surface area (Å²) < 4.78 is 26.3. The van der Waals surface area contributed by atoms with E-state index in [4.69, 9.17) is 5.73 Å². The van der Waals surface area contributed by atoms with E-state index in [-0.39, 0.29) is 11.3 Å². The van der Waals surface area contributed by atoms with Gasteiger partial charge in [-0.1, -0.05) is 27.7 Å². The SMILES string of the molecule is CC.CC.Cc1cc(OS(C)(=O)=O)cc(C(N)=O)c1. The molecule has 0 aliphatic rings. The Balaban J connectivity index is 0. The standard InChI is InChI=1S/C9H11NO4S.2C2H6/c1-6-3-7(9(10)11)5-8(4-6)14-15(2,12)13;2*1-2/h3-5H,1-2H3,(H2,10,11);2*1-2H3. The van der Waals surface area contributed by atoms with Gasteiger partial charge in [-0.2, -0.15) is 8.42 Å². The second kappa shape index (κ2) is 9.38. The third-order valence-electron chi connectivity index (χ3n) is 1.58. The zero-order chi connectivity index (χ0) is 15.6. The van der Waals surface area contributed by atoms with E-state index in [1.807, 2.05) is 27.7 Å². The Labute approximate surface area is 115 Å². The van der Waals surface area contributed by atoms with Crippen LogP contribution in [0.1, 0.15) is 43.6 Å². The molecular weight excluding hydrogens is 266 g/mol. The molecule has 0 unspecified atom stereocenters. The summed E-state index contributed by atoms with van der Waals surface area (Å²) in [4.78, 5) is 10.9. The fraction of sp³-hybridized carbons (Fsp3) is 0.462. The molecule has 1 aromatic carbocycles. The molecule has 0 heterocycles. The molecule has 0 aliphatic heterocycles. The minimum Gasteiger partial charge on any atom is -0.383 e. The molecule has 0 fully saturated rings. The van der Waals surface area contributed by atoms with Crippen LogP contribution in [0.2, 0.25) is 0 Å². The van der Waals surface area contributed by atoms with Gasteiger partial charge in [-0.05, 0) is 30.7 Å². The molecule has 5 nitrogen and oxygen atoms in total. The van der Waals surface area contributed by atoms with Crippen LogP contribution in [0.4, 0.5) is 0 Å². The van der Waals surface area contributed by atoms with Crippen molar-refractivity contribution >= 4 is 16.0 Å². The average molecular weight is 289 g/mol. The molecule has 1 rings (SSSR count). The molecule has 0 saturated carbocycles. The lowest BCUT2D eigenvalue weighted by molar-refractivity contribution is 0.1000. The van der Waals surface area contributed by atoms with Crippen molar-refractivity contribution in [2.75, 3.05) is 6.26 Å². The van der Waals surface area contributed by atoms with E-state index < -0.39 is 16.0 Å². The molecule has 0 aromatic heterocycles. The number of aryl methyl sites for hydroxylation is 1. The summed E-state index contributed by atoms with van der Waals surface area (Å²) in [6, 6.07) is 4.35. The third kappa shape index (κ3) is 9.07. The van der Waals surface area contributed by atoms with Crippen LogP contribution in [0.25, 0.3) is 0 Å². The largest absolute Gasteiger partial charge is 0.383 e. The van der Waals surface area contributed by atoms with E-state index in [0.29, 0.717) is 5.56 Å².